The summed E-state index contributed by atoms with van der Waals surface area (Å²) in [5.74, 6) is -150. The predicted molar refractivity (Wildman–Crippen MR) is 136 cm³/mol. The molecule has 2 N–H and O–H groups in total. The zero-order chi connectivity index (χ0) is 55.8. The maximum atomic E-state index is 14.0. The Balaban J connectivity index is 5.98. The van der Waals surface area contributed by atoms with Gasteiger partial charge in [0.25, 0.3) is 11.8 Å². The second-order valence-corrected chi connectivity index (χ2v) is 13.1. The van der Waals surface area contributed by atoms with Crippen LogP contribution in [0.25, 0.3) is 0 Å². The van der Waals surface area contributed by atoms with Gasteiger partial charge in [0, 0.05) is 13.1 Å². The van der Waals surface area contributed by atoms with Crippen molar-refractivity contribution in [3.8, 4) is 0 Å². The number of hydrogen-bond acceptors (Lipinski definition) is 2. The molecular weight excluding hydrogens is 1090 g/mol. The summed E-state index contributed by atoms with van der Waals surface area (Å²) in [5, 5.41) is 0.711. The van der Waals surface area contributed by atoms with E-state index in [1.54, 1.807) is 0 Å². The SMILES string of the molecule is O=C(NCCCCCCNC(=O)C(F)(F)C(F)(F)C(F)(F)C(F)(F)C(F)(F)C(F)(F)C(F)(F)C(F)(F)C(F)(F)F)C(F)(F)C(F)(F)C(F)(F)C(F)(F)C(F)(F)C(F)(F)C(F)(F)C(F)(F)C(F)(F)F. The monoisotopic (exact) mass is 1110 g/mol. The molecule has 406 valence electrons. The van der Waals surface area contributed by atoms with Crippen LogP contribution in [0.15, 0.2) is 0 Å². The van der Waals surface area contributed by atoms with Crippen molar-refractivity contribution in [1.82, 2.24) is 10.6 Å². The summed E-state index contributed by atoms with van der Waals surface area (Å²) in [5.41, 5.74) is 0. The molecular formula is C26H14F38N2O2. The van der Waals surface area contributed by atoms with Crippen molar-refractivity contribution in [1.29, 1.82) is 0 Å². The summed E-state index contributed by atoms with van der Waals surface area (Å²) in [6.45, 7) is -3.55. The lowest BCUT2D eigenvalue weighted by Crippen LogP contribution is -2.76. The first kappa shape index (κ1) is 64.3. The van der Waals surface area contributed by atoms with E-state index in [0.29, 0.717) is 10.6 Å². The van der Waals surface area contributed by atoms with E-state index in [0.717, 1.165) is 0 Å². The Hall–Kier alpha value is -3.72. The highest BCUT2D eigenvalue weighted by atomic mass is 19.4. The third-order valence-corrected chi connectivity index (χ3v) is 8.48. The van der Waals surface area contributed by atoms with Gasteiger partial charge in [-0.25, -0.2) is 0 Å². The number of alkyl halides is 38. The van der Waals surface area contributed by atoms with Gasteiger partial charge in [-0.05, 0) is 12.8 Å². The summed E-state index contributed by atoms with van der Waals surface area (Å²) in [6, 6.07) is 0. The molecule has 0 saturated heterocycles. The normalized spacial score (nSPS) is 16.3. The minimum absolute atomic E-state index is 0.356. The fourth-order valence-corrected chi connectivity index (χ4v) is 4.24. The first-order valence-corrected chi connectivity index (χ1v) is 15.8. The van der Waals surface area contributed by atoms with E-state index in [-0.39, 0.29) is 0 Å². The summed E-state index contributed by atoms with van der Waals surface area (Å²) < 4.78 is 508. The van der Waals surface area contributed by atoms with E-state index in [2.05, 4.69) is 0 Å². The highest BCUT2D eigenvalue weighted by molar-refractivity contribution is 5.85. The second-order valence-electron chi connectivity index (χ2n) is 13.1. The van der Waals surface area contributed by atoms with Crippen molar-refractivity contribution in [2.24, 2.45) is 0 Å². The Labute approximate surface area is 346 Å². The van der Waals surface area contributed by atoms with Crippen LogP contribution in [0.5, 0.6) is 0 Å². The number of unbranched alkanes of at least 4 members (excludes halogenated alkanes) is 3. The van der Waals surface area contributed by atoms with Crippen LogP contribution in [-0.4, -0.2) is 132 Å². The van der Waals surface area contributed by atoms with Crippen molar-refractivity contribution in [2.45, 2.75) is 133 Å². The van der Waals surface area contributed by atoms with Crippen LogP contribution in [0, 0.1) is 0 Å². The van der Waals surface area contributed by atoms with E-state index in [1.807, 2.05) is 0 Å². The molecule has 0 aliphatic rings. The third-order valence-electron chi connectivity index (χ3n) is 8.48. The molecule has 42 heteroatoms. The number of carbonyl (C=O) groups excluding carboxylic acids is 2. The van der Waals surface area contributed by atoms with Crippen LogP contribution in [0.2, 0.25) is 0 Å². The fraction of sp³-hybridized carbons (Fsp3) is 0.923. The zero-order valence-electron chi connectivity index (χ0n) is 30.4. The maximum Gasteiger partial charge on any atom is 0.460 e. The number of nitrogens with one attached hydrogen (secondary N) is 2. The molecule has 0 fully saturated rings. The second kappa shape index (κ2) is 17.5. The summed E-state index contributed by atoms with van der Waals surface area (Å²) >= 11 is 0. The minimum atomic E-state index is -9.33. The number of carbonyl (C=O) groups is 2. The molecule has 0 bridgehead atoms. The van der Waals surface area contributed by atoms with Crippen LogP contribution in [0.1, 0.15) is 25.7 Å². The number of amides is 2. The molecule has 0 saturated carbocycles. The third kappa shape index (κ3) is 8.77. The Bertz CT molecular complexity index is 1660. The van der Waals surface area contributed by atoms with Gasteiger partial charge in [-0.1, -0.05) is 12.8 Å². The largest absolute Gasteiger partial charge is 0.460 e. The molecule has 0 aromatic carbocycles. The van der Waals surface area contributed by atoms with Crippen LogP contribution >= 0.6 is 0 Å². The molecule has 0 atom stereocenters. The van der Waals surface area contributed by atoms with E-state index >= 15 is 0 Å². The van der Waals surface area contributed by atoms with Crippen LogP contribution < -0.4 is 10.6 Å². The molecule has 2 amide bonds. The highest BCUT2D eigenvalue weighted by Crippen LogP contribution is 2.67. The average molecular weight is 1110 g/mol. The fourth-order valence-electron chi connectivity index (χ4n) is 4.24. The molecule has 4 nitrogen and oxygen atoms in total. The molecule has 0 aromatic rings. The van der Waals surface area contributed by atoms with E-state index < -0.39 is 158 Å². The molecule has 0 unspecified atom stereocenters. The smallest absolute Gasteiger partial charge is 0.351 e. The highest BCUT2D eigenvalue weighted by Gasteiger charge is 2.99. The van der Waals surface area contributed by atoms with Gasteiger partial charge in [-0.15, -0.1) is 0 Å². The van der Waals surface area contributed by atoms with Crippen molar-refractivity contribution in [3.63, 3.8) is 0 Å². The van der Waals surface area contributed by atoms with E-state index in [9.17, 15) is 176 Å². The van der Waals surface area contributed by atoms with Crippen molar-refractivity contribution < 1.29 is 176 Å². The standard InChI is InChI=1S/C26H14F38N2O2/c27-9(28,11(31,32)13(35,36)15(39,40)17(43,44)19(47,48)21(51,52)23(55,56)25(59,60)61)7(67)65-5-3-1-2-4-6-66-8(68)10(29,30)12(33,34)14(37,38)16(41,42)18(45,46)20(49,50)22(53,54)24(57,58)26(62,63)64/h1-6H2,(H,65,67)(H,66,68). The minimum Gasteiger partial charge on any atom is -0.351 e. The van der Waals surface area contributed by atoms with Gasteiger partial charge in [0.05, 0.1) is 0 Å². The van der Waals surface area contributed by atoms with Crippen LogP contribution in [-0.2, 0) is 9.59 Å². The maximum absolute atomic E-state index is 14.0. The van der Waals surface area contributed by atoms with Crippen LogP contribution in [0.4, 0.5) is 167 Å². The Morgan fingerprint density at radius 3 is 0.529 bits per heavy atom. The van der Waals surface area contributed by atoms with Gasteiger partial charge in [0.15, 0.2) is 0 Å². The molecule has 0 radical (unpaired) electrons. The molecule has 0 aliphatic carbocycles. The van der Waals surface area contributed by atoms with Gasteiger partial charge in [0.2, 0.25) is 0 Å². The molecule has 0 spiro atoms. The summed E-state index contributed by atoms with van der Waals surface area (Å²) in [4.78, 5) is 22.8. The Morgan fingerprint density at radius 1 is 0.221 bits per heavy atom. The molecule has 0 aromatic heterocycles. The lowest BCUT2D eigenvalue weighted by molar-refractivity contribution is -0.467. The lowest BCUT2D eigenvalue weighted by Gasteiger charge is -2.43. The van der Waals surface area contributed by atoms with E-state index in [1.165, 1.54) is 0 Å². The number of halogens is 38. The first-order valence-electron chi connectivity index (χ1n) is 15.8. The average Bonchev–Trinajstić information content (AvgIpc) is 3.13. The van der Waals surface area contributed by atoms with E-state index in [4.69, 9.17) is 0 Å². The van der Waals surface area contributed by atoms with Crippen LogP contribution in [0.3, 0.4) is 0 Å². The molecule has 0 heterocycles. The predicted octanol–water partition coefficient (Wildman–Crippen LogP) is 12.1. The Morgan fingerprint density at radius 2 is 0.368 bits per heavy atom. The quantitative estimate of drug-likeness (QED) is 0.0791. The zero-order valence-corrected chi connectivity index (χ0v) is 30.4. The summed E-state index contributed by atoms with van der Waals surface area (Å²) in [6.07, 6.45) is -20.7. The summed E-state index contributed by atoms with van der Waals surface area (Å²) in [7, 11) is 0. The number of rotatable bonds is 23. The van der Waals surface area contributed by atoms with Gasteiger partial charge < -0.3 is 10.6 Å². The van der Waals surface area contributed by atoms with Crippen molar-refractivity contribution >= 4 is 11.8 Å². The lowest BCUT2D eigenvalue weighted by atomic mass is 9.87. The van der Waals surface area contributed by atoms with Gasteiger partial charge in [-0.3, -0.25) is 9.59 Å². The molecule has 0 rings (SSSR count). The Kier molecular flexibility index (Phi) is 16.6. The molecule has 0 aliphatic heterocycles. The van der Waals surface area contributed by atoms with Crippen molar-refractivity contribution in [3.05, 3.63) is 0 Å². The van der Waals surface area contributed by atoms with Gasteiger partial charge in [-0.2, -0.15) is 167 Å². The van der Waals surface area contributed by atoms with Crippen molar-refractivity contribution in [2.75, 3.05) is 13.1 Å². The van der Waals surface area contributed by atoms with Gasteiger partial charge >= 0.3 is 107 Å². The number of hydrogen-bond donors (Lipinski definition) is 2. The molecule has 68 heavy (non-hydrogen) atoms. The van der Waals surface area contributed by atoms with Gasteiger partial charge in [0.1, 0.15) is 0 Å². The first-order chi connectivity index (χ1) is 29.0. The topological polar surface area (TPSA) is 58.2 Å².